The molecule has 24 heavy (non-hydrogen) atoms. The Bertz CT molecular complexity index is 693. The van der Waals surface area contributed by atoms with Gasteiger partial charge in [0, 0.05) is 11.4 Å². The normalized spacial score (nSPS) is 10.4. The number of hydrogen-bond donors (Lipinski definition) is 2. The molecule has 0 unspecified atom stereocenters. The van der Waals surface area contributed by atoms with E-state index in [9.17, 15) is 8.78 Å². The maximum Gasteiger partial charge on any atom is 0.387 e. The lowest BCUT2D eigenvalue weighted by Crippen LogP contribution is -2.19. The summed E-state index contributed by atoms with van der Waals surface area (Å²) in [6, 6.07) is 12.0. The topological polar surface area (TPSA) is 42.5 Å². The van der Waals surface area contributed by atoms with Gasteiger partial charge in [0.15, 0.2) is 5.11 Å². The number of anilines is 2. The molecule has 2 aromatic rings. The van der Waals surface area contributed by atoms with Crippen LogP contribution >= 0.6 is 12.2 Å². The Morgan fingerprint density at radius 3 is 2.33 bits per heavy atom. The third-order valence-electron chi connectivity index (χ3n) is 3.09. The van der Waals surface area contributed by atoms with E-state index < -0.39 is 6.61 Å². The van der Waals surface area contributed by atoms with Gasteiger partial charge in [0.05, 0.1) is 6.61 Å². The van der Waals surface area contributed by atoms with Crippen LogP contribution in [-0.2, 0) is 0 Å². The van der Waals surface area contributed by atoms with E-state index in [1.165, 1.54) is 12.1 Å². The molecular weight excluding hydrogens is 334 g/mol. The van der Waals surface area contributed by atoms with Gasteiger partial charge < -0.3 is 20.1 Å². The van der Waals surface area contributed by atoms with Gasteiger partial charge in [-0.05, 0) is 74.1 Å². The SMILES string of the molecule is CCOc1ccc(NC(=S)Nc2ccc(OC(F)F)cc2C)cc1. The van der Waals surface area contributed by atoms with Crippen LogP contribution in [0.4, 0.5) is 20.2 Å². The molecule has 2 aromatic carbocycles. The van der Waals surface area contributed by atoms with Gasteiger partial charge in [0.25, 0.3) is 0 Å². The van der Waals surface area contributed by atoms with Gasteiger partial charge in [-0.1, -0.05) is 0 Å². The Labute approximate surface area is 144 Å². The van der Waals surface area contributed by atoms with Crippen LogP contribution in [0.3, 0.4) is 0 Å². The van der Waals surface area contributed by atoms with Crippen LogP contribution < -0.4 is 20.1 Å². The fourth-order valence-electron chi connectivity index (χ4n) is 2.04. The number of alkyl halides is 2. The molecule has 0 aliphatic heterocycles. The molecule has 2 N–H and O–H groups in total. The number of hydrogen-bond acceptors (Lipinski definition) is 3. The molecule has 0 radical (unpaired) electrons. The van der Waals surface area contributed by atoms with E-state index in [4.69, 9.17) is 17.0 Å². The summed E-state index contributed by atoms with van der Waals surface area (Å²) in [4.78, 5) is 0. The Balaban J connectivity index is 1.96. The van der Waals surface area contributed by atoms with Crippen molar-refractivity contribution in [3.63, 3.8) is 0 Å². The first-order chi connectivity index (χ1) is 11.5. The lowest BCUT2D eigenvalue weighted by atomic mass is 10.2. The summed E-state index contributed by atoms with van der Waals surface area (Å²) in [5, 5.41) is 6.47. The molecule has 0 fully saturated rings. The minimum Gasteiger partial charge on any atom is -0.494 e. The number of rotatable bonds is 6. The van der Waals surface area contributed by atoms with E-state index >= 15 is 0 Å². The van der Waals surface area contributed by atoms with E-state index in [-0.39, 0.29) is 5.75 Å². The van der Waals surface area contributed by atoms with Crippen molar-refractivity contribution in [1.82, 2.24) is 0 Å². The van der Waals surface area contributed by atoms with Crippen LogP contribution in [0.25, 0.3) is 0 Å². The number of ether oxygens (including phenoxy) is 2. The molecule has 4 nitrogen and oxygen atoms in total. The summed E-state index contributed by atoms with van der Waals surface area (Å²) in [5.41, 5.74) is 2.26. The first-order valence-corrected chi connectivity index (χ1v) is 7.75. The number of benzene rings is 2. The number of nitrogens with one attached hydrogen (secondary N) is 2. The van der Waals surface area contributed by atoms with E-state index in [1.807, 2.05) is 31.2 Å². The van der Waals surface area contributed by atoms with Crippen LogP contribution in [0, 0.1) is 6.92 Å². The van der Waals surface area contributed by atoms with Gasteiger partial charge in [-0.15, -0.1) is 0 Å². The van der Waals surface area contributed by atoms with Crippen molar-refractivity contribution in [2.75, 3.05) is 17.2 Å². The highest BCUT2D eigenvalue weighted by molar-refractivity contribution is 7.80. The average molecular weight is 352 g/mol. The molecule has 0 saturated heterocycles. The maximum absolute atomic E-state index is 12.2. The molecule has 0 aromatic heterocycles. The standard InChI is InChI=1S/C17H18F2N2O2S/c1-3-22-13-6-4-12(5-7-13)20-17(24)21-15-9-8-14(10-11(15)2)23-16(18)19/h4-10,16H,3H2,1-2H3,(H2,20,21,24). The Hall–Kier alpha value is -2.41. The van der Waals surface area contributed by atoms with Gasteiger partial charge in [-0.25, -0.2) is 0 Å². The molecule has 0 bridgehead atoms. The molecular formula is C17H18F2N2O2S. The zero-order chi connectivity index (χ0) is 17.5. The Kier molecular flexibility index (Phi) is 6.31. The summed E-state index contributed by atoms with van der Waals surface area (Å²) < 4.78 is 34.1. The van der Waals surface area contributed by atoms with Crippen molar-refractivity contribution >= 4 is 28.7 Å². The smallest absolute Gasteiger partial charge is 0.387 e. The van der Waals surface area contributed by atoms with Gasteiger partial charge in [0.1, 0.15) is 11.5 Å². The Morgan fingerprint density at radius 1 is 1.08 bits per heavy atom. The van der Waals surface area contributed by atoms with Crippen molar-refractivity contribution in [2.45, 2.75) is 20.5 Å². The Morgan fingerprint density at radius 2 is 1.75 bits per heavy atom. The van der Waals surface area contributed by atoms with Crippen molar-refractivity contribution in [2.24, 2.45) is 0 Å². The van der Waals surface area contributed by atoms with Crippen LogP contribution in [0.2, 0.25) is 0 Å². The zero-order valence-electron chi connectivity index (χ0n) is 13.3. The van der Waals surface area contributed by atoms with Crippen LogP contribution in [0.15, 0.2) is 42.5 Å². The van der Waals surface area contributed by atoms with Gasteiger partial charge in [-0.3, -0.25) is 0 Å². The molecule has 0 aliphatic rings. The van der Waals surface area contributed by atoms with Crippen molar-refractivity contribution in [3.05, 3.63) is 48.0 Å². The first kappa shape index (κ1) is 17.9. The molecule has 0 aliphatic carbocycles. The zero-order valence-corrected chi connectivity index (χ0v) is 14.1. The number of aryl methyl sites for hydroxylation is 1. The molecule has 128 valence electrons. The molecule has 0 saturated carbocycles. The van der Waals surface area contributed by atoms with E-state index in [2.05, 4.69) is 15.4 Å². The highest BCUT2D eigenvalue weighted by Crippen LogP contribution is 2.23. The fraction of sp³-hybridized carbons (Fsp3) is 0.235. The average Bonchev–Trinajstić information content (AvgIpc) is 2.52. The van der Waals surface area contributed by atoms with Gasteiger partial charge in [-0.2, -0.15) is 8.78 Å². The quantitative estimate of drug-likeness (QED) is 0.731. The summed E-state index contributed by atoms with van der Waals surface area (Å²) in [5.74, 6) is 0.894. The third kappa shape index (κ3) is 5.34. The second-order valence-corrected chi connectivity index (χ2v) is 5.30. The van der Waals surface area contributed by atoms with Gasteiger partial charge >= 0.3 is 6.61 Å². The van der Waals surface area contributed by atoms with Crippen molar-refractivity contribution < 1.29 is 18.3 Å². The minimum atomic E-state index is -2.84. The van der Waals surface area contributed by atoms with Crippen LogP contribution in [-0.4, -0.2) is 18.3 Å². The predicted octanol–water partition coefficient (Wildman–Crippen LogP) is 4.80. The van der Waals surface area contributed by atoms with Crippen molar-refractivity contribution in [3.8, 4) is 11.5 Å². The summed E-state index contributed by atoms with van der Waals surface area (Å²) in [6.45, 7) is 1.47. The summed E-state index contributed by atoms with van der Waals surface area (Å²) in [7, 11) is 0. The molecule has 0 heterocycles. The molecule has 7 heteroatoms. The van der Waals surface area contributed by atoms with E-state index in [1.54, 1.807) is 13.0 Å². The summed E-state index contributed by atoms with van der Waals surface area (Å²) in [6.07, 6.45) is 0. The first-order valence-electron chi connectivity index (χ1n) is 7.34. The van der Waals surface area contributed by atoms with E-state index in [0.29, 0.717) is 17.4 Å². The van der Waals surface area contributed by atoms with Crippen molar-refractivity contribution in [1.29, 1.82) is 0 Å². The van der Waals surface area contributed by atoms with Crippen LogP contribution in [0.5, 0.6) is 11.5 Å². The second-order valence-electron chi connectivity index (χ2n) is 4.89. The van der Waals surface area contributed by atoms with Gasteiger partial charge in [0.2, 0.25) is 0 Å². The predicted molar refractivity (Wildman–Crippen MR) is 95.3 cm³/mol. The molecule has 0 spiro atoms. The fourth-order valence-corrected chi connectivity index (χ4v) is 2.27. The third-order valence-corrected chi connectivity index (χ3v) is 3.30. The highest BCUT2D eigenvalue weighted by atomic mass is 32.1. The lowest BCUT2D eigenvalue weighted by molar-refractivity contribution is -0.0498. The second kappa shape index (κ2) is 8.44. The maximum atomic E-state index is 12.2. The lowest BCUT2D eigenvalue weighted by Gasteiger charge is -2.14. The number of halogens is 2. The molecule has 0 amide bonds. The molecule has 0 atom stereocenters. The van der Waals surface area contributed by atoms with Crippen LogP contribution in [0.1, 0.15) is 12.5 Å². The van der Waals surface area contributed by atoms with E-state index in [0.717, 1.165) is 17.0 Å². The monoisotopic (exact) mass is 352 g/mol. The summed E-state index contributed by atoms with van der Waals surface area (Å²) >= 11 is 5.26. The molecule has 2 rings (SSSR count). The number of thiocarbonyl (C=S) groups is 1. The largest absolute Gasteiger partial charge is 0.494 e. The highest BCUT2D eigenvalue weighted by Gasteiger charge is 2.07. The minimum absolute atomic E-state index is 0.110.